The number of piperidine rings is 1. The van der Waals surface area contributed by atoms with Crippen molar-refractivity contribution in [1.29, 1.82) is 0 Å². The van der Waals surface area contributed by atoms with E-state index in [0.29, 0.717) is 6.04 Å². The average molecular weight is 266 g/mol. The SMILES string of the molecule is CCC1(C(=O)O)CCCN1C1CCN2CCCC2C1. The van der Waals surface area contributed by atoms with E-state index in [1.165, 1.54) is 32.4 Å². The molecule has 0 radical (unpaired) electrons. The number of hydrogen-bond donors (Lipinski definition) is 1. The van der Waals surface area contributed by atoms with Gasteiger partial charge in [-0.25, -0.2) is 0 Å². The van der Waals surface area contributed by atoms with Crippen molar-refractivity contribution in [2.45, 2.75) is 69.5 Å². The van der Waals surface area contributed by atoms with E-state index in [4.69, 9.17) is 0 Å². The molecule has 0 amide bonds. The molecule has 3 saturated heterocycles. The van der Waals surface area contributed by atoms with Crippen LogP contribution in [0.2, 0.25) is 0 Å². The minimum Gasteiger partial charge on any atom is -0.480 e. The number of fused-ring (bicyclic) bond motifs is 1. The number of hydrogen-bond acceptors (Lipinski definition) is 3. The summed E-state index contributed by atoms with van der Waals surface area (Å²) in [6.45, 7) is 5.45. The molecule has 1 N–H and O–H groups in total. The zero-order chi connectivity index (χ0) is 13.5. The van der Waals surface area contributed by atoms with Crippen LogP contribution in [0.3, 0.4) is 0 Å². The first kappa shape index (κ1) is 13.4. The lowest BCUT2D eigenvalue weighted by atomic mass is 9.88. The van der Waals surface area contributed by atoms with E-state index in [0.717, 1.165) is 38.3 Å². The van der Waals surface area contributed by atoms with E-state index < -0.39 is 11.5 Å². The minimum absolute atomic E-state index is 0.498. The van der Waals surface area contributed by atoms with Gasteiger partial charge >= 0.3 is 5.97 Å². The number of rotatable bonds is 3. The summed E-state index contributed by atoms with van der Waals surface area (Å²) in [5.41, 5.74) is -0.564. The Labute approximate surface area is 115 Å². The van der Waals surface area contributed by atoms with Crippen LogP contribution >= 0.6 is 0 Å². The van der Waals surface area contributed by atoms with Crippen LogP contribution in [0.1, 0.15) is 51.9 Å². The molecule has 0 aliphatic carbocycles. The molecule has 3 fully saturated rings. The molecule has 0 bridgehead atoms. The second kappa shape index (κ2) is 5.06. The normalized spacial score (nSPS) is 40.5. The van der Waals surface area contributed by atoms with Crippen molar-refractivity contribution in [1.82, 2.24) is 9.80 Å². The molecule has 0 spiro atoms. The van der Waals surface area contributed by atoms with Gasteiger partial charge in [0.25, 0.3) is 0 Å². The number of nitrogens with zero attached hydrogens (tertiary/aromatic N) is 2. The highest BCUT2D eigenvalue weighted by atomic mass is 16.4. The lowest BCUT2D eigenvalue weighted by molar-refractivity contribution is -0.152. The van der Waals surface area contributed by atoms with Crippen molar-refractivity contribution in [3.63, 3.8) is 0 Å². The van der Waals surface area contributed by atoms with Crippen LogP contribution in [0.15, 0.2) is 0 Å². The predicted octanol–water partition coefficient (Wildman–Crippen LogP) is 1.94. The summed E-state index contributed by atoms with van der Waals surface area (Å²) < 4.78 is 0. The van der Waals surface area contributed by atoms with Crippen molar-refractivity contribution >= 4 is 5.97 Å². The number of carboxylic acid groups (broad SMARTS) is 1. The molecular weight excluding hydrogens is 240 g/mol. The topological polar surface area (TPSA) is 43.8 Å². The van der Waals surface area contributed by atoms with Crippen LogP contribution in [0, 0.1) is 0 Å². The zero-order valence-electron chi connectivity index (χ0n) is 12.0. The zero-order valence-corrected chi connectivity index (χ0v) is 12.0. The number of carbonyl (C=O) groups is 1. The summed E-state index contributed by atoms with van der Waals surface area (Å²) >= 11 is 0. The second-order valence-corrected chi connectivity index (χ2v) is 6.50. The average Bonchev–Trinajstić information content (AvgIpc) is 3.04. The minimum atomic E-state index is -0.596. The van der Waals surface area contributed by atoms with E-state index in [1.807, 2.05) is 6.92 Å². The van der Waals surface area contributed by atoms with Gasteiger partial charge in [-0.2, -0.15) is 0 Å². The quantitative estimate of drug-likeness (QED) is 0.848. The fourth-order valence-corrected chi connectivity index (χ4v) is 4.68. The Morgan fingerprint density at radius 2 is 2.05 bits per heavy atom. The molecule has 4 heteroatoms. The van der Waals surface area contributed by atoms with Gasteiger partial charge in [0.15, 0.2) is 0 Å². The molecule has 3 rings (SSSR count). The maximum Gasteiger partial charge on any atom is 0.324 e. The van der Waals surface area contributed by atoms with Crippen LogP contribution in [-0.2, 0) is 4.79 Å². The van der Waals surface area contributed by atoms with Gasteiger partial charge in [0.05, 0.1) is 0 Å². The molecule has 108 valence electrons. The second-order valence-electron chi connectivity index (χ2n) is 6.50. The molecule has 0 aromatic rings. The standard InChI is InChI=1S/C15H26N2O2/c1-2-15(14(18)19)7-4-9-17(15)13-6-10-16-8-3-5-12(16)11-13/h12-13H,2-11H2,1H3,(H,18,19). The highest BCUT2D eigenvalue weighted by molar-refractivity contribution is 5.79. The van der Waals surface area contributed by atoms with E-state index in [-0.39, 0.29) is 0 Å². The third kappa shape index (κ3) is 2.09. The first-order chi connectivity index (χ1) is 9.17. The Morgan fingerprint density at radius 1 is 1.21 bits per heavy atom. The molecule has 3 heterocycles. The summed E-state index contributed by atoms with van der Waals surface area (Å²) in [5.74, 6) is -0.596. The monoisotopic (exact) mass is 266 g/mol. The van der Waals surface area contributed by atoms with Crippen LogP contribution in [0.5, 0.6) is 0 Å². The van der Waals surface area contributed by atoms with E-state index in [9.17, 15) is 9.90 Å². The Kier molecular flexibility index (Phi) is 3.56. The summed E-state index contributed by atoms with van der Waals surface area (Å²) in [4.78, 5) is 16.7. The summed E-state index contributed by atoms with van der Waals surface area (Å²) in [7, 11) is 0. The van der Waals surface area contributed by atoms with Gasteiger partial charge in [-0.3, -0.25) is 9.69 Å². The molecule has 3 atom stereocenters. The smallest absolute Gasteiger partial charge is 0.324 e. The molecule has 3 unspecified atom stereocenters. The van der Waals surface area contributed by atoms with Crippen LogP contribution in [0.25, 0.3) is 0 Å². The fourth-order valence-electron chi connectivity index (χ4n) is 4.68. The van der Waals surface area contributed by atoms with E-state index in [2.05, 4.69) is 9.80 Å². The summed E-state index contributed by atoms with van der Waals surface area (Å²) in [6, 6.07) is 1.22. The van der Waals surface area contributed by atoms with Crippen LogP contribution in [0.4, 0.5) is 0 Å². The lowest BCUT2D eigenvalue weighted by Crippen LogP contribution is -2.57. The Bertz CT molecular complexity index is 360. The Hall–Kier alpha value is -0.610. The largest absolute Gasteiger partial charge is 0.480 e. The Balaban J connectivity index is 1.75. The highest BCUT2D eigenvalue weighted by Gasteiger charge is 2.50. The van der Waals surface area contributed by atoms with Gasteiger partial charge < -0.3 is 10.0 Å². The summed E-state index contributed by atoms with van der Waals surface area (Å²) in [6.07, 6.45) is 7.62. The van der Waals surface area contributed by atoms with Crippen molar-refractivity contribution in [2.24, 2.45) is 0 Å². The fraction of sp³-hybridized carbons (Fsp3) is 0.933. The molecule has 0 saturated carbocycles. The van der Waals surface area contributed by atoms with Crippen molar-refractivity contribution < 1.29 is 9.90 Å². The van der Waals surface area contributed by atoms with Crippen molar-refractivity contribution in [2.75, 3.05) is 19.6 Å². The molecule has 19 heavy (non-hydrogen) atoms. The van der Waals surface area contributed by atoms with Gasteiger partial charge in [0, 0.05) is 12.1 Å². The number of likely N-dealkylation sites (tertiary alicyclic amines) is 1. The maximum atomic E-state index is 11.8. The maximum absolute atomic E-state index is 11.8. The molecule has 0 aromatic carbocycles. The van der Waals surface area contributed by atoms with Crippen molar-refractivity contribution in [3.05, 3.63) is 0 Å². The first-order valence-corrected chi connectivity index (χ1v) is 7.91. The predicted molar refractivity (Wildman–Crippen MR) is 74.2 cm³/mol. The molecular formula is C15H26N2O2. The number of aliphatic carboxylic acids is 1. The van der Waals surface area contributed by atoms with Gasteiger partial charge in [-0.05, 0) is 64.6 Å². The van der Waals surface area contributed by atoms with Gasteiger partial charge in [-0.15, -0.1) is 0 Å². The number of carboxylic acids is 1. The Morgan fingerprint density at radius 3 is 2.79 bits per heavy atom. The lowest BCUT2D eigenvalue weighted by Gasteiger charge is -2.45. The third-order valence-corrected chi connectivity index (χ3v) is 5.76. The van der Waals surface area contributed by atoms with Crippen LogP contribution < -0.4 is 0 Å². The van der Waals surface area contributed by atoms with Crippen LogP contribution in [-0.4, -0.2) is 58.1 Å². The van der Waals surface area contributed by atoms with Gasteiger partial charge in [-0.1, -0.05) is 6.92 Å². The molecule has 0 aromatic heterocycles. The summed E-state index contributed by atoms with van der Waals surface area (Å²) in [5, 5.41) is 9.70. The van der Waals surface area contributed by atoms with Gasteiger partial charge in [0.2, 0.25) is 0 Å². The molecule has 3 aliphatic rings. The van der Waals surface area contributed by atoms with Gasteiger partial charge in [0.1, 0.15) is 5.54 Å². The molecule has 3 aliphatic heterocycles. The molecule has 4 nitrogen and oxygen atoms in total. The first-order valence-electron chi connectivity index (χ1n) is 7.91. The highest BCUT2D eigenvalue weighted by Crippen LogP contribution is 2.39. The van der Waals surface area contributed by atoms with E-state index >= 15 is 0 Å². The third-order valence-electron chi connectivity index (χ3n) is 5.76. The van der Waals surface area contributed by atoms with E-state index in [1.54, 1.807) is 0 Å². The van der Waals surface area contributed by atoms with Crippen molar-refractivity contribution in [3.8, 4) is 0 Å².